The molecule has 0 aromatic heterocycles. The lowest BCUT2D eigenvalue weighted by molar-refractivity contribution is -0.149. The number of carbonyl (C=O) groups is 4. The first-order valence-corrected chi connectivity index (χ1v) is 11.3. The van der Waals surface area contributed by atoms with Crippen molar-refractivity contribution in [2.24, 2.45) is 17.2 Å². The van der Waals surface area contributed by atoms with Crippen LogP contribution >= 0.6 is 0 Å². The van der Waals surface area contributed by atoms with Gasteiger partial charge >= 0.3 is 5.97 Å². The minimum absolute atomic E-state index is 0.169. The molecule has 0 aromatic rings. The molecule has 1 aliphatic rings. The third-order valence-electron chi connectivity index (χ3n) is 5.48. The van der Waals surface area contributed by atoms with Crippen molar-refractivity contribution in [1.82, 2.24) is 20.9 Å². The van der Waals surface area contributed by atoms with Crippen molar-refractivity contribution >= 4 is 29.7 Å². The molecular weight excluding hydrogens is 432 g/mol. The number of guanidine groups is 1. The maximum atomic E-state index is 13.0. The van der Waals surface area contributed by atoms with Crippen molar-refractivity contribution in [3.63, 3.8) is 0 Å². The summed E-state index contributed by atoms with van der Waals surface area (Å²) in [5.41, 5.74) is 16.6. The summed E-state index contributed by atoms with van der Waals surface area (Å²) in [5.74, 6) is -2.76. The van der Waals surface area contributed by atoms with Gasteiger partial charge in [-0.15, -0.1) is 0 Å². The van der Waals surface area contributed by atoms with E-state index in [1.54, 1.807) is 0 Å². The first-order chi connectivity index (χ1) is 15.6. The molecule has 13 nitrogen and oxygen atoms in total. The summed E-state index contributed by atoms with van der Waals surface area (Å²) in [6.07, 6.45) is 3.34. The maximum absolute atomic E-state index is 13.0. The molecule has 0 bridgehead atoms. The summed E-state index contributed by atoms with van der Waals surface area (Å²) < 4.78 is 0. The number of nitrogens with two attached hydrogens (primary N) is 3. The fourth-order valence-electron chi connectivity index (χ4n) is 3.60. The van der Waals surface area contributed by atoms with Gasteiger partial charge in [-0.2, -0.15) is 0 Å². The Balaban J connectivity index is 2.67. The van der Waals surface area contributed by atoms with Crippen LogP contribution in [0.5, 0.6) is 0 Å². The molecule has 0 aliphatic carbocycles. The second-order valence-electron chi connectivity index (χ2n) is 8.19. The smallest absolute Gasteiger partial charge is 0.326 e. The van der Waals surface area contributed by atoms with Crippen molar-refractivity contribution in [2.45, 2.75) is 76.0 Å². The standard InChI is InChI=1S/C20H38N8O5/c1-12(26-17(30)13(22)6-4-10-25-20(23)24)16(29)27-14(7-2-3-9-21)18(31)28-11-5-8-15(28)19(32)33/h12-15H,2-11,21-22H2,1H3,(H,26,30)(H,27,29)(H,32,33)(H4,23,24,25)/t12-,13-,14-,15-/m0/s1. The van der Waals surface area contributed by atoms with Crippen molar-refractivity contribution in [3.8, 4) is 0 Å². The molecule has 0 spiro atoms. The number of aliphatic carboxylic acids is 1. The second kappa shape index (κ2) is 14.3. The number of nitrogens with zero attached hydrogens (tertiary/aromatic N) is 1. The van der Waals surface area contributed by atoms with E-state index in [0.29, 0.717) is 64.6 Å². The Morgan fingerprint density at radius 3 is 2.42 bits per heavy atom. The number of hydrogen-bond donors (Lipinski definition) is 8. The van der Waals surface area contributed by atoms with E-state index in [9.17, 15) is 24.3 Å². The van der Waals surface area contributed by atoms with E-state index in [4.69, 9.17) is 22.6 Å². The van der Waals surface area contributed by atoms with E-state index < -0.39 is 47.9 Å². The van der Waals surface area contributed by atoms with E-state index in [-0.39, 0.29) is 5.96 Å². The van der Waals surface area contributed by atoms with Crippen LogP contribution in [0.15, 0.2) is 0 Å². The van der Waals surface area contributed by atoms with Gasteiger partial charge in [0.05, 0.1) is 6.04 Å². The molecule has 11 N–H and O–H groups in total. The highest BCUT2D eigenvalue weighted by Crippen LogP contribution is 2.20. The fraction of sp³-hybridized carbons (Fsp3) is 0.750. The van der Waals surface area contributed by atoms with Gasteiger partial charge in [0.1, 0.15) is 18.1 Å². The number of likely N-dealkylation sites (tertiary alicyclic amines) is 1. The van der Waals surface area contributed by atoms with Crippen molar-refractivity contribution < 1.29 is 24.3 Å². The minimum Gasteiger partial charge on any atom is -0.480 e. The molecule has 0 aromatic carbocycles. The zero-order chi connectivity index (χ0) is 25.0. The fourth-order valence-corrected chi connectivity index (χ4v) is 3.60. The molecule has 0 saturated carbocycles. The van der Waals surface area contributed by atoms with Crippen LogP contribution in [0, 0.1) is 5.41 Å². The van der Waals surface area contributed by atoms with Gasteiger partial charge in [-0.25, -0.2) is 4.79 Å². The number of carbonyl (C=O) groups excluding carboxylic acids is 3. The van der Waals surface area contributed by atoms with E-state index in [1.807, 2.05) is 0 Å². The molecule has 0 radical (unpaired) electrons. The van der Waals surface area contributed by atoms with Crippen LogP contribution in [0.4, 0.5) is 0 Å². The molecule has 33 heavy (non-hydrogen) atoms. The zero-order valence-electron chi connectivity index (χ0n) is 19.1. The summed E-state index contributed by atoms with van der Waals surface area (Å²) in [6, 6.07) is -3.61. The molecular formula is C20H38N8O5. The SMILES string of the molecule is C[C@H](NC(=O)[C@@H](N)CCCNC(=N)N)C(=O)N[C@@H](CCCCN)C(=O)N1CCC[C@H]1C(=O)O. The average molecular weight is 471 g/mol. The van der Waals surface area contributed by atoms with Crippen LogP contribution in [-0.4, -0.2) is 83.5 Å². The molecule has 0 unspecified atom stereocenters. The van der Waals surface area contributed by atoms with Crippen LogP contribution in [0.1, 0.15) is 51.9 Å². The van der Waals surface area contributed by atoms with Crippen LogP contribution in [0.2, 0.25) is 0 Å². The number of rotatable bonds is 14. The first-order valence-electron chi connectivity index (χ1n) is 11.3. The summed E-state index contributed by atoms with van der Waals surface area (Å²) >= 11 is 0. The predicted octanol–water partition coefficient (Wildman–Crippen LogP) is -2.23. The van der Waals surface area contributed by atoms with Gasteiger partial charge in [0, 0.05) is 13.1 Å². The maximum Gasteiger partial charge on any atom is 0.326 e. The van der Waals surface area contributed by atoms with Crippen LogP contribution in [0.25, 0.3) is 0 Å². The Labute approximate surface area is 193 Å². The van der Waals surface area contributed by atoms with Gasteiger partial charge in [0.2, 0.25) is 17.7 Å². The van der Waals surface area contributed by atoms with E-state index in [2.05, 4.69) is 16.0 Å². The molecule has 4 atom stereocenters. The van der Waals surface area contributed by atoms with Crippen LogP contribution < -0.4 is 33.2 Å². The number of amides is 3. The monoisotopic (exact) mass is 470 g/mol. The molecule has 1 heterocycles. The third kappa shape index (κ3) is 9.61. The van der Waals surface area contributed by atoms with Crippen molar-refractivity contribution in [1.29, 1.82) is 5.41 Å². The number of hydrogen-bond acceptors (Lipinski definition) is 7. The minimum atomic E-state index is -1.07. The molecule has 3 amide bonds. The van der Waals surface area contributed by atoms with Gasteiger partial charge in [-0.3, -0.25) is 19.8 Å². The largest absolute Gasteiger partial charge is 0.480 e. The molecule has 1 aliphatic heterocycles. The average Bonchev–Trinajstić information content (AvgIpc) is 3.25. The van der Waals surface area contributed by atoms with Crippen molar-refractivity contribution in [3.05, 3.63) is 0 Å². The van der Waals surface area contributed by atoms with Gasteiger partial charge in [-0.1, -0.05) is 0 Å². The highest BCUT2D eigenvalue weighted by atomic mass is 16.4. The summed E-state index contributed by atoms with van der Waals surface area (Å²) in [5, 5.41) is 24.3. The predicted molar refractivity (Wildman–Crippen MR) is 122 cm³/mol. The Kier molecular flexibility index (Phi) is 12.1. The van der Waals surface area contributed by atoms with E-state index >= 15 is 0 Å². The number of carboxylic acid groups (broad SMARTS) is 1. The lowest BCUT2D eigenvalue weighted by Crippen LogP contribution is -2.56. The highest BCUT2D eigenvalue weighted by Gasteiger charge is 2.37. The van der Waals surface area contributed by atoms with Crippen LogP contribution in [0.3, 0.4) is 0 Å². The highest BCUT2D eigenvalue weighted by molar-refractivity contribution is 5.94. The summed E-state index contributed by atoms with van der Waals surface area (Å²) in [6.45, 7) is 2.63. The zero-order valence-corrected chi connectivity index (χ0v) is 19.1. The lowest BCUT2D eigenvalue weighted by atomic mass is 10.1. The quantitative estimate of drug-likeness (QED) is 0.0778. The number of nitrogens with one attached hydrogen (secondary N) is 4. The Morgan fingerprint density at radius 1 is 1.12 bits per heavy atom. The molecule has 1 rings (SSSR count). The van der Waals surface area contributed by atoms with Gasteiger partial charge in [-0.05, 0) is 58.4 Å². The van der Waals surface area contributed by atoms with Gasteiger partial charge in [0.25, 0.3) is 0 Å². The van der Waals surface area contributed by atoms with Crippen LogP contribution in [-0.2, 0) is 19.2 Å². The normalized spacial score (nSPS) is 18.2. The Morgan fingerprint density at radius 2 is 1.82 bits per heavy atom. The van der Waals surface area contributed by atoms with E-state index in [1.165, 1.54) is 11.8 Å². The van der Waals surface area contributed by atoms with E-state index in [0.717, 1.165) is 0 Å². The second-order valence-corrected chi connectivity index (χ2v) is 8.19. The molecule has 188 valence electrons. The van der Waals surface area contributed by atoms with Gasteiger partial charge in [0.15, 0.2) is 5.96 Å². The Hall–Kier alpha value is -2.93. The summed E-state index contributed by atoms with van der Waals surface area (Å²) in [4.78, 5) is 50.8. The number of carboxylic acids is 1. The molecule has 1 fully saturated rings. The summed E-state index contributed by atoms with van der Waals surface area (Å²) in [7, 11) is 0. The topological polar surface area (TPSA) is 230 Å². The number of unbranched alkanes of at least 4 members (excludes halogenated alkanes) is 1. The Bertz CT molecular complexity index is 704. The molecule has 1 saturated heterocycles. The molecule has 13 heteroatoms. The third-order valence-corrected chi connectivity index (χ3v) is 5.48. The lowest BCUT2D eigenvalue weighted by Gasteiger charge is -2.28. The van der Waals surface area contributed by atoms with Crippen molar-refractivity contribution in [2.75, 3.05) is 19.6 Å². The van der Waals surface area contributed by atoms with Gasteiger partial charge < -0.3 is 43.2 Å². The first kappa shape index (κ1) is 28.1.